The number of hydrogen-bond donors (Lipinski definition) is 2. The molecule has 1 aliphatic heterocycles. The number of thiazole rings is 1. The van der Waals surface area contributed by atoms with Crippen LogP contribution in [0.25, 0.3) is 10.2 Å². The van der Waals surface area contributed by atoms with Crippen molar-refractivity contribution >= 4 is 60.1 Å². The SMILES string of the molecule is O=C(NC(=O)c1ccccc1Cl)Nc1nc2ccc(S(=O)(=O)CCN3CCC3)cc2s1. The minimum atomic E-state index is -3.41. The highest BCUT2D eigenvalue weighted by Gasteiger charge is 2.21. The van der Waals surface area contributed by atoms with Crippen LogP contribution in [0.15, 0.2) is 47.4 Å². The van der Waals surface area contributed by atoms with Crippen LogP contribution >= 0.6 is 22.9 Å². The van der Waals surface area contributed by atoms with Crippen LogP contribution in [0.3, 0.4) is 0 Å². The van der Waals surface area contributed by atoms with E-state index in [0.29, 0.717) is 16.8 Å². The summed E-state index contributed by atoms with van der Waals surface area (Å²) in [5.74, 6) is -0.575. The molecule has 2 N–H and O–H groups in total. The van der Waals surface area contributed by atoms with Gasteiger partial charge in [-0.2, -0.15) is 0 Å². The maximum absolute atomic E-state index is 12.6. The van der Waals surface area contributed by atoms with Gasteiger partial charge in [0.1, 0.15) is 0 Å². The number of aromatic nitrogens is 1. The molecule has 1 aliphatic rings. The molecule has 4 rings (SSSR count). The highest BCUT2D eigenvalue weighted by atomic mass is 35.5. The van der Waals surface area contributed by atoms with Gasteiger partial charge in [-0.15, -0.1) is 0 Å². The highest BCUT2D eigenvalue weighted by Crippen LogP contribution is 2.28. The van der Waals surface area contributed by atoms with Crippen LogP contribution in [0.4, 0.5) is 9.93 Å². The third kappa shape index (κ3) is 5.04. The van der Waals surface area contributed by atoms with Crippen molar-refractivity contribution in [2.45, 2.75) is 11.3 Å². The molecule has 2 aromatic carbocycles. The molecule has 0 spiro atoms. The number of urea groups is 1. The first-order valence-corrected chi connectivity index (χ1v) is 12.4. The molecule has 0 atom stereocenters. The van der Waals surface area contributed by atoms with Crippen LogP contribution in [0.2, 0.25) is 5.02 Å². The number of sulfone groups is 1. The zero-order valence-electron chi connectivity index (χ0n) is 16.3. The van der Waals surface area contributed by atoms with Crippen LogP contribution in [-0.2, 0) is 9.84 Å². The monoisotopic (exact) mass is 478 g/mol. The molecule has 8 nitrogen and oxygen atoms in total. The second-order valence-electron chi connectivity index (χ2n) is 7.05. The first-order valence-electron chi connectivity index (χ1n) is 9.54. The Morgan fingerprint density at radius 2 is 1.94 bits per heavy atom. The Kier molecular flexibility index (Phi) is 6.24. The number of nitrogens with zero attached hydrogens (tertiary/aromatic N) is 2. The van der Waals surface area contributed by atoms with Crippen molar-refractivity contribution in [1.29, 1.82) is 0 Å². The van der Waals surface area contributed by atoms with E-state index in [1.54, 1.807) is 30.3 Å². The van der Waals surface area contributed by atoms with Crippen LogP contribution in [0.1, 0.15) is 16.8 Å². The summed E-state index contributed by atoms with van der Waals surface area (Å²) in [6, 6.07) is 10.3. The number of hydrogen-bond acceptors (Lipinski definition) is 7. The fraction of sp³-hybridized carbons (Fsp3) is 0.250. The summed E-state index contributed by atoms with van der Waals surface area (Å²) in [6.07, 6.45) is 1.11. The molecule has 3 amide bonds. The minimum absolute atomic E-state index is 0.0645. The van der Waals surface area contributed by atoms with Crippen molar-refractivity contribution in [2.24, 2.45) is 0 Å². The smallest absolute Gasteiger partial charge is 0.302 e. The maximum Gasteiger partial charge on any atom is 0.327 e. The molecule has 1 fully saturated rings. The lowest BCUT2D eigenvalue weighted by Crippen LogP contribution is -2.40. The summed E-state index contributed by atoms with van der Waals surface area (Å²) in [7, 11) is -3.41. The number of imide groups is 1. The molecule has 1 aromatic heterocycles. The molecule has 31 heavy (non-hydrogen) atoms. The summed E-state index contributed by atoms with van der Waals surface area (Å²) >= 11 is 7.09. The standard InChI is InChI=1S/C20H19ClN4O4S2/c21-15-5-2-1-4-14(15)18(26)23-19(27)24-20-22-16-7-6-13(12-17(16)30-20)31(28,29)11-10-25-8-3-9-25/h1-2,4-7,12H,3,8-11H2,(H2,22,23,24,26,27). The van der Waals surface area contributed by atoms with E-state index in [0.717, 1.165) is 30.8 Å². The van der Waals surface area contributed by atoms with Gasteiger partial charge in [-0.25, -0.2) is 18.2 Å². The van der Waals surface area contributed by atoms with Crippen LogP contribution in [-0.4, -0.2) is 55.6 Å². The molecule has 1 saturated heterocycles. The van der Waals surface area contributed by atoms with E-state index < -0.39 is 21.8 Å². The average Bonchev–Trinajstić information content (AvgIpc) is 3.08. The number of rotatable bonds is 6. The molecular formula is C20H19ClN4O4S2. The molecule has 0 saturated carbocycles. The summed E-state index contributed by atoms with van der Waals surface area (Å²) in [4.78, 5) is 31.0. The van der Waals surface area contributed by atoms with Gasteiger partial charge in [0.2, 0.25) is 0 Å². The van der Waals surface area contributed by atoms with Crippen LogP contribution in [0.5, 0.6) is 0 Å². The van der Waals surface area contributed by atoms with Crippen molar-refractivity contribution in [3.05, 3.63) is 53.1 Å². The number of likely N-dealkylation sites (tertiary alicyclic amines) is 1. The average molecular weight is 479 g/mol. The van der Waals surface area contributed by atoms with Gasteiger partial charge in [-0.05, 0) is 49.8 Å². The Hall–Kier alpha value is -2.53. The summed E-state index contributed by atoms with van der Waals surface area (Å²) in [5.41, 5.74) is 0.733. The second kappa shape index (κ2) is 8.91. The number of nitrogens with one attached hydrogen (secondary N) is 2. The van der Waals surface area contributed by atoms with E-state index in [9.17, 15) is 18.0 Å². The fourth-order valence-corrected chi connectivity index (χ4v) is 5.57. The minimum Gasteiger partial charge on any atom is -0.302 e. The van der Waals surface area contributed by atoms with E-state index >= 15 is 0 Å². The Morgan fingerprint density at radius 3 is 2.65 bits per heavy atom. The molecule has 0 bridgehead atoms. The molecule has 3 aromatic rings. The van der Waals surface area contributed by atoms with E-state index in [1.165, 1.54) is 12.1 Å². The Labute approximate surface area is 188 Å². The maximum atomic E-state index is 12.6. The predicted octanol–water partition coefficient (Wildman–Crippen LogP) is 3.39. The third-order valence-corrected chi connectivity index (χ3v) is 7.87. The highest BCUT2D eigenvalue weighted by molar-refractivity contribution is 7.91. The first-order chi connectivity index (χ1) is 14.8. The number of amides is 3. The Balaban J connectivity index is 1.43. The number of benzene rings is 2. The number of carbonyl (C=O) groups is 2. The van der Waals surface area contributed by atoms with Gasteiger partial charge in [0, 0.05) is 6.54 Å². The second-order valence-corrected chi connectivity index (χ2v) is 10.6. The van der Waals surface area contributed by atoms with Crippen molar-refractivity contribution in [2.75, 3.05) is 30.7 Å². The molecule has 0 unspecified atom stereocenters. The summed E-state index contributed by atoms with van der Waals surface area (Å²) in [6.45, 7) is 2.41. The summed E-state index contributed by atoms with van der Waals surface area (Å²) in [5, 5.41) is 5.18. The first kappa shape index (κ1) is 21.7. The van der Waals surface area contributed by atoms with Gasteiger partial charge in [0.05, 0.1) is 31.5 Å². The Bertz CT molecular complexity index is 1260. The Morgan fingerprint density at radius 1 is 1.16 bits per heavy atom. The lowest BCUT2D eigenvalue weighted by molar-refractivity contribution is 0.0967. The van der Waals surface area contributed by atoms with Crippen LogP contribution in [0, 0.1) is 0 Å². The van der Waals surface area contributed by atoms with Gasteiger partial charge >= 0.3 is 6.03 Å². The molecular weight excluding hydrogens is 460 g/mol. The third-order valence-electron chi connectivity index (χ3n) is 4.91. The fourth-order valence-electron chi connectivity index (χ4n) is 3.07. The topological polar surface area (TPSA) is 108 Å². The molecule has 0 radical (unpaired) electrons. The van der Waals surface area contributed by atoms with Gasteiger partial charge in [-0.3, -0.25) is 15.4 Å². The van der Waals surface area contributed by atoms with Crippen molar-refractivity contribution in [3.8, 4) is 0 Å². The van der Waals surface area contributed by atoms with E-state index in [1.807, 2.05) is 0 Å². The van der Waals surface area contributed by atoms with Gasteiger partial charge in [0.15, 0.2) is 15.0 Å². The normalized spacial score (nSPS) is 14.2. The van der Waals surface area contributed by atoms with Crippen molar-refractivity contribution in [3.63, 3.8) is 0 Å². The van der Waals surface area contributed by atoms with E-state index in [-0.39, 0.29) is 26.4 Å². The quantitative estimate of drug-likeness (QED) is 0.562. The number of anilines is 1. The number of carbonyl (C=O) groups excluding carboxylic acids is 2. The number of halogens is 1. The predicted molar refractivity (Wildman–Crippen MR) is 121 cm³/mol. The number of fused-ring (bicyclic) bond motifs is 1. The zero-order chi connectivity index (χ0) is 22.0. The lowest BCUT2D eigenvalue weighted by Gasteiger charge is -2.30. The molecule has 0 aliphatic carbocycles. The van der Waals surface area contributed by atoms with Crippen LogP contribution < -0.4 is 10.6 Å². The molecule has 162 valence electrons. The van der Waals surface area contributed by atoms with Crippen molar-refractivity contribution < 1.29 is 18.0 Å². The lowest BCUT2D eigenvalue weighted by atomic mass is 10.2. The van der Waals surface area contributed by atoms with Gasteiger partial charge < -0.3 is 4.90 Å². The van der Waals surface area contributed by atoms with Crippen molar-refractivity contribution in [1.82, 2.24) is 15.2 Å². The van der Waals surface area contributed by atoms with E-state index in [2.05, 4.69) is 20.5 Å². The van der Waals surface area contributed by atoms with E-state index in [4.69, 9.17) is 11.6 Å². The molecule has 11 heteroatoms. The van der Waals surface area contributed by atoms with Gasteiger partial charge in [-0.1, -0.05) is 35.1 Å². The zero-order valence-corrected chi connectivity index (χ0v) is 18.7. The van der Waals surface area contributed by atoms with Gasteiger partial charge in [0.25, 0.3) is 5.91 Å². The summed E-state index contributed by atoms with van der Waals surface area (Å²) < 4.78 is 25.9. The molecule has 2 heterocycles. The largest absolute Gasteiger partial charge is 0.327 e.